The van der Waals surface area contributed by atoms with Gasteiger partial charge >= 0.3 is 0 Å². The van der Waals surface area contributed by atoms with E-state index in [1.807, 2.05) is 0 Å². The summed E-state index contributed by atoms with van der Waals surface area (Å²) >= 11 is 0. The highest BCUT2D eigenvalue weighted by atomic mass is 19.1. The molecule has 16 heavy (non-hydrogen) atoms. The van der Waals surface area contributed by atoms with Crippen molar-refractivity contribution in [2.24, 2.45) is 0 Å². The number of benzene rings is 1. The summed E-state index contributed by atoms with van der Waals surface area (Å²) in [5.41, 5.74) is 5.95. The summed E-state index contributed by atoms with van der Waals surface area (Å²) in [7, 11) is 3.18. The van der Waals surface area contributed by atoms with E-state index >= 15 is 0 Å². The lowest BCUT2D eigenvalue weighted by molar-refractivity contribution is 0.0744. The second-order valence-corrected chi connectivity index (χ2v) is 3.49. The molecule has 0 saturated carbocycles. The quantitative estimate of drug-likeness (QED) is 0.783. The summed E-state index contributed by atoms with van der Waals surface area (Å²) < 4.78 is 17.9. The maximum Gasteiger partial charge on any atom is 0.253 e. The van der Waals surface area contributed by atoms with E-state index < -0.39 is 5.82 Å². The number of rotatable bonds is 4. The number of likely N-dealkylation sites (N-methyl/N-ethyl adjacent to an activating group) is 1. The van der Waals surface area contributed by atoms with Crippen molar-refractivity contribution in [1.29, 1.82) is 0 Å². The molecule has 0 aliphatic rings. The molecule has 0 bridgehead atoms. The van der Waals surface area contributed by atoms with Gasteiger partial charge in [0.15, 0.2) is 0 Å². The zero-order chi connectivity index (χ0) is 12.1. The van der Waals surface area contributed by atoms with Crippen LogP contribution in [0.5, 0.6) is 0 Å². The third-order valence-corrected chi connectivity index (χ3v) is 2.14. The summed E-state index contributed by atoms with van der Waals surface area (Å²) in [4.78, 5) is 13.3. The molecule has 5 heteroatoms. The molecule has 2 N–H and O–H groups in total. The van der Waals surface area contributed by atoms with Crippen molar-refractivity contribution in [2.45, 2.75) is 0 Å². The third-order valence-electron chi connectivity index (χ3n) is 2.14. The lowest BCUT2D eigenvalue weighted by atomic mass is 10.1. The average Bonchev–Trinajstić information content (AvgIpc) is 2.23. The molecule has 88 valence electrons. The highest BCUT2D eigenvalue weighted by molar-refractivity contribution is 5.94. The summed E-state index contributed by atoms with van der Waals surface area (Å²) in [6, 6.07) is 3.79. The largest absolute Gasteiger partial charge is 0.399 e. The number of nitrogens with two attached hydrogens (primary N) is 1. The van der Waals surface area contributed by atoms with Gasteiger partial charge in [-0.15, -0.1) is 0 Å². The SMILES string of the molecule is COCCN(C)C(=O)c1cc(N)cc(F)c1. The van der Waals surface area contributed by atoms with Gasteiger partial charge in [0.05, 0.1) is 6.61 Å². The molecule has 0 atom stereocenters. The Bertz CT molecular complexity index is 362. The fourth-order valence-corrected chi connectivity index (χ4v) is 1.29. The molecule has 4 nitrogen and oxygen atoms in total. The van der Waals surface area contributed by atoms with Crippen molar-refractivity contribution >= 4 is 11.6 Å². The number of anilines is 1. The van der Waals surface area contributed by atoms with Crippen LogP contribution in [0.3, 0.4) is 0 Å². The van der Waals surface area contributed by atoms with E-state index in [1.165, 1.54) is 23.1 Å². The number of hydrogen-bond donors (Lipinski definition) is 1. The van der Waals surface area contributed by atoms with Gasteiger partial charge in [0.2, 0.25) is 0 Å². The van der Waals surface area contributed by atoms with Crippen LogP contribution in [0.1, 0.15) is 10.4 Å². The Morgan fingerprint density at radius 3 is 2.75 bits per heavy atom. The molecule has 0 aliphatic heterocycles. The van der Waals surface area contributed by atoms with Crippen molar-refractivity contribution in [3.05, 3.63) is 29.6 Å². The molecular weight excluding hydrogens is 211 g/mol. The predicted octanol–water partition coefficient (Wildman–Crippen LogP) is 1.13. The zero-order valence-corrected chi connectivity index (χ0v) is 9.37. The van der Waals surface area contributed by atoms with Crippen LogP contribution in [0.2, 0.25) is 0 Å². The van der Waals surface area contributed by atoms with Gasteiger partial charge in [0, 0.05) is 32.0 Å². The number of carbonyl (C=O) groups is 1. The molecule has 0 radical (unpaired) electrons. The monoisotopic (exact) mass is 226 g/mol. The lowest BCUT2D eigenvalue weighted by Crippen LogP contribution is -2.30. The molecule has 1 amide bonds. The Balaban J connectivity index is 2.79. The van der Waals surface area contributed by atoms with Crippen molar-refractivity contribution < 1.29 is 13.9 Å². The van der Waals surface area contributed by atoms with Crippen LogP contribution >= 0.6 is 0 Å². The van der Waals surface area contributed by atoms with Gasteiger partial charge in [0.25, 0.3) is 5.91 Å². The number of hydrogen-bond acceptors (Lipinski definition) is 3. The number of nitrogen functional groups attached to an aromatic ring is 1. The molecular formula is C11H15FN2O2. The zero-order valence-electron chi connectivity index (χ0n) is 9.37. The number of halogens is 1. The first-order chi connectivity index (χ1) is 7.54. The summed E-state index contributed by atoms with van der Waals surface area (Å²) in [5, 5.41) is 0. The number of methoxy groups -OCH3 is 1. The number of amides is 1. The topological polar surface area (TPSA) is 55.6 Å². The number of carbonyl (C=O) groups excluding carboxylic acids is 1. The first kappa shape index (κ1) is 12.4. The normalized spacial score (nSPS) is 10.2. The highest BCUT2D eigenvalue weighted by Gasteiger charge is 2.12. The minimum absolute atomic E-state index is 0.239. The first-order valence-corrected chi connectivity index (χ1v) is 4.85. The van der Waals surface area contributed by atoms with Gasteiger partial charge in [-0.1, -0.05) is 0 Å². The van der Waals surface area contributed by atoms with Gasteiger partial charge in [0.1, 0.15) is 5.82 Å². The number of ether oxygens (including phenoxy) is 1. The first-order valence-electron chi connectivity index (χ1n) is 4.85. The smallest absolute Gasteiger partial charge is 0.253 e. The van der Waals surface area contributed by atoms with Gasteiger partial charge in [-0.05, 0) is 18.2 Å². The van der Waals surface area contributed by atoms with E-state index in [2.05, 4.69) is 0 Å². The van der Waals surface area contributed by atoms with Gasteiger partial charge < -0.3 is 15.4 Å². The van der Waals surface area contributed by atoms with E-state index in [4.69, 9.17) is 10.5 Å². The molecule has 0 aromatic heterocycles. The molecule has 0 fully saturated rings. The van der Waals surface area contributed by atoms with E-state index in [0.717, 1.165) is 0 Å². The molecule has 0 unspecified atom stereocenters. The Kier molecular flexibility index (Phi) is 4.25. The molecule has 1 rings (SSSR count). The van der Waals surface area contributed by atoms with Crippen LogP contribution in [-0.4, -0.2) is 38.1 Å². The van der Waals surface area contributed by atoms with Crippen LogP contribution in [-0.2, 0) is 4.74 Å². The highest BCUT2D eigenvalue weighted by Crippen LogP contribution is 2.12. The van der Waals surface area contributed by atoms with Crippen molar-refractivity contribution in [3.8, 4) is 0 Å². The van der Waals surface area contributed by atoms with E-state index in [1.54, 1.807) is 14.2 Å². The molecule has 1 aromatic rings. The second-order valence-electron chi connectivity index (χ2n) is 3.49. The fourth-order valence-electron chi connectivity index (χ4n) is 1.29. The minimum atomic E-state index is -0.511. The third kappa shape index (κ3) is 3.20. The van der Waals surface area contributed by atoms with Crippen LogP contribution in [0.4, 0.5) is 10.1 Å². The van der Waals surface area contributed by atoms with Crippen molar-refractivity contribution in [1.82, 2.24) is 4.90 Å². The average molecular weight is 226 g/mol. The van der Waals surface area contributed by atoms with Gasteiger partial charge in [-0.3, -0.25) is 4.79 Å². The summed E-state index contributed by atoms with van der Waals surface area (Å²) in [6.07, 6.45) is 0. The molecule has 1 aromatic carbocycles. The van der Waals surface area contributed by atoms with Gasteiger partial charge in [-0.25, -0.2) is 4.39 Å². The number of nitrogens with zero attached hydrogens (tertiary/aromatic N) is 1. The second kappa shape index (κ2) is 5.46. The molecule has 0 heterocycles. The van der Waals surface area contributed by atoms with E-state index in [9.17, 15) is 9.18 Å². The Hall–Kier alpha value is -1.62. The van der Waals surface area contributed by atoms with Crippen LogP contribution in [0.15, 0.2) is 18.2 Å². The Morgan fingerprint density at radius 2 is 2.19 bits per heavy atom. The Labute approximate surface area is 93.8 Å². The van der Waals surface area contributed by atoms with Crippen molar-refractivity contribution in [2.75, 3.05) is 33.0 Å². The molecule has 0 spiro atoms. The van der Waals surface area contributed by atoms with E-state index in [0.29, 0.717) is 13.2 Å². The summed E-state index contributed by atoms with van der Waals surface area (Å²) in [6.45, 7) is 0.888. The molecule has 0 aliphatic carbocycles. The van der Waals surface area contributed by atoms with Crippen LogP contribution < -0.4 is 5.73 Å². The lowest BCUT2D eigenvalue weighted by Gasteiger charge is -2.16. The van der Waals surface area contributed by atoms with Crippen LogP contribution in [0.25, 0.3) is 0 Å². The minimum Gasteiger partial charge on any atom is -0.399 e. The Morgan fingerprint density at radius 1 is 1.50 bits per heavy atom. The summed E-state index contributed by atoms with van der Waals surface area (Å²) in [5.74, 6) is -0.785. The predicted molar refractivity (Wildman–Crippen MR) is 59.6 cm³/mol. The van der Waals surface area contributed by atoms with Crippen molar-refractivity contribution in [3.63, 3.8) is 0 Å². The maximum atomic E-state index is 13.0. The maximum absolute atomic E-state index is 13.0. The van der Waals surface area contributed by atoms with Gasteiger partial charge in [-0.2, -0.15) is 0 Å². The molecule has 0 saturated heterocycles. The van der Waals surface area contributed by atoms with Crippen LogP contribution in [0, 0.1) is 5.82 Å². The fraction of sp³-hybridized carbons (Fsp3) is 0.364. The van der Waals surface area contributed by atoms with E-state index in [-0.39, 0.29) is 17.2 Å². The standard InChI is InChI=1S/C11H15FN2O2/c1-14(3-4-16-2)11(15)8-5-9(12)7-10(13)6-8/h5-7H,3-4,13H2,1-2H3.